The lowest BCUT2D eigenvalue weighted by Gasteiger charge is -2.26. The van der Waals surface area contributed by atoms with Crippen LogP contribution in [0.25, 0.3) is 0 Å². The van der Waals surface area contributed by atoms with Crippen LogP contribution in [-0.4, -0.2) is 23.5 Å². The zero-order valence-corrected chi connectivity index (χ0v) is 9.32. The Hall–Kier alpha value is -1.06. The van der Waals surface area contributed by atoms with Crippen LogP contribution in [0.4, 0.5) is 0 Å². The molecule has 86 valence electrons. The minimum atomic E-state index is -1.03. The van der Waals surface area contributed by atoms with Crippen LogP contribution in [-0.2, 0) is 9.59 Å². The Morgan fingerprint density at radius 2 is 2.00 bits per heavy atom. The van der Waals surface area contributed by atoms with Gasteiger partial charge in [-0.05, 0) is 24.7 Å². The van der Waals surface area contributed by atoms with Crippen LogP contribution in [0.15, 0.2) is 0 Å². The summed E-state index contributed by atoms with van der Waals surface area (Å²) >= 11 is 0. The Morgan fingerprint density at radius 3 is 2.33 bits per heavy atom. The van der Waals surface area contributed by atoms with Gasteiger partial charge in [-0.25, -0.2) is 0 Å². The molecule has 1 amide bonds. The van der Waals surface area contributed by atoms with Crippen molar-refractivity contribution in [1.82, 2.24) is 5.32 Å². The maximum atomic E-state index is 11.6. The van der Waals surface area contributed by atoms with Crippen molar-refractivity contribution in [2.75, 3.05) is 6.54 Å². The Balaban J connectivity index is 2.37. The highest BCUT2D eigenvalue weighted by atomic mass is 16.4. The Bertz CT molecular complexity index is 246. The number of carboxylic acids is 1. The van der Waals surface area contributed by atoms with Crippen molar-refractivity contribution in [2.24, 2.45) is 17.8 Å². The predicted octanol–water partition coefficient (Wildman–Crippen LogP) is 1.26. The van der Waals surface area contributed by atoms with Gasteiger partial charge in [-0.1, -0.05) is 20.3 Å². The van der Waals surface area contributed by atoms with Crippen LogP contribution in [0.1, 0.15) is 33.1 Å². The predicted molar refractivity (Wildman–Crippen MR) is 56.3 cm³/mol. The number of hydrogen-bond donors (Lipinski definition) is 2. The maximum Gasteiger partial charge on any atom is 0.316 e. The van der Waals surface area contributed by atoms with Gasteiger partial charge < -0.3 is 10.4 Å². The fraction of sp³-hybridized carbons (Fsp3) is 0.818. The number of hydrogen-bond acceptors (Lipinski definition) is 2. The first kappa shape index (κ1) is 12.0. The molecular weight excluding hydrogens is 194 g/mol. The standard InChI is InChI=1S/C11H19NO3/c1-7(2)9(11(14)15)10(13)12-6-8-4-3-5-8/h7-9H,3-6H2,1-2H3,(H,12,13)(H,14,15). The topological polar surface area (TPSA) is 66.4 Å². The van der Waals surface area contributed by atoms with E-state index in [9.17, 15) is 9.59 Å². The van der Waals surface area contributed by atoms with Gasteiger partial charge in [-0.3, -0.25) is 9.59 Å². The molecule has 4 heteroatoms. The number of carboxylic acid groups (broad SMARTS) is 1. The molecule has 1 aliphatic rings. The fourth-order valence-electron chi connectivity index (χ4n) is 1.75. The van der Waals surface area contributed by atoms with Gasteiger partial charge in [0.15, 0.2) is 0 Å². The average Bonchev–Trinajstić information content (AvgIpc) is 1.99. The van der Waals surface area contributed by atoms with E-state index >= 15 is 0 Å². The molecule has 0 aromatic heterocycles. The molecule has 0 bridgehead atoms. The van der Waals surface area contributed by atoms with Gasteiger partial charge in [-0.15, -0.1) is 0 Å². The van der Waals surface area contributed by atoms with Gasteiger partial charge in [0.2, 0.25) is 5.91 Å². The van der Waals surface area contributed by atoms with Gasteiger partial charge in [-0.2, -0.15) is 0 Å². The summed E-state index contributed by atoms with van der Waals surface area (Å²) < 4.78 is 0. The first-order chi connectivity index (χ1) is 7.02. The third-order valence-corrected chi connectivity index (χ3v) is 3.00. The molecule has 0 heterocycles. The molecule has 0 aromatic rings. The van der Waals surface area contributed by atoms with Gasteiger partial charge in [0.25, 0.3) is 0 Å². The van der Waals surface area contributed by atoms with E-state index in [1.54, 1.807) is 13.8 Å². The number of carbonyl (C=O) groups excluding carboxylic acids is 1. The van der Waals surface area contributed by atoms with E-state index in [1.165, 1.54) is 6.42 Å². The summed E-state index contributed by atoms with van der Waals surface area (Å²) in [5.41, 5.74) is 0. The summed E-state index contributed by atoms with van der Waals surface area (Å²) in [4.78, 5) is 22.4. The second-order valence-electron chi connectivity index (χ2n) is 4.60. The van der Waals surface area contributed by atoms with E-state index in [2.05, 4.69) is 5.32 Å². The van der Waals surface area contributed by atoms with Crippen LogP contribution in [0.2, 0.25) is 0 Å². The third kappa shape index (κ3) is 3.22. The zero-order valence-electron chi connectivity index (χ0n) is 9.32. The molecule has 1 atom stereocenters. The summed E-state index contributed by atoms with van der Waals surface area (Å²) in [6.07, 6.45) is 3.53. The normalized spacial score (nSPS) is 18.3. The number of aliphatic carboxylic acids is 1. The van der Waals surface area contributed by atoms with Crippen molar-refractivity contribution in [2.45, 2.75) is 33.1 Å². The van der Waals surface area contributed by atoms with Gasteiger partial charge >= 0.3 is 5.97 Å². The van der Waals surface area contributed by atoms with Crippen LogP contribution in [0, 0.1) is 17.8 Å². The first-order valence-electron chi connectivity index (χ1n) is 5.53. The smallest absolute Gasteiger partial charge is 0.316 e. The quantitative estimate of drug-likeness (QED) is 0.676. The number of rotatable bonds is 5. The molecule has 15 heavy (non-hydrogen) atoms. The number of amides is 1. The summed E-state index contributed by atoms with van der Waals surface area (Å²) in [5.74, 6) is -1.88. The van der Waals surface area contributed by atoms with E-state index < -0.39 is 11.9 Å². The van der Waals surface area contributed by atoms with Crippen LogP contribution in [0.3, 0.4) is 0 Å². The fourth-order valence-corrected chi connectivity index (χ4v) is 1.75. The zero-order chi connectivity index (χ0) is 11.4. The lowest BCUT2D eigenvalue weighted by Crippen LogP contribution is -2.41. The molecule has 0 aromatic carbocycles. The lowest BCUT2D eigenvalue weighted by molar-refractivity contribution is -0.148. The largest absolute Gasteiger partial charge is 0.481 e. The van der Waals surface area contributed by atoms with Crippen molar-refractivity contribution in [1.29, 1.82) is 0 Å². The molecule has 1 saturated carbocycles. The SMILES string of the molecule is CC(C)C(C(=O)O)C(=O)NCC1CCC1. The van der Waals surface area contributed by atoms with Crippen molar-refractivity contribution >= 4 is 11.9 Å². The second-order valence-corrected chi connectivity index (χ2v) is 4.60. The average molecular weight is 213 g/mol. The van der Waals surface area contributed by atoms with Crippen molar-refractivity contribution in [3.05, 3.63) is 0 Å². The third-order valence-electron chi connectivity index (χ3n) is 3.00. The maximum absolute atomic E-state index is 11.6. The molecule has 1 rings (SSSR count). The highest BCUT2D eigenvalue weighted by molar-refractivity contribution is 5.97. The van der Waals surface area contributed by atoms with E-state index in [4.69, 9.17) is 5.11 Å². The Labute approximate surface area is 90.0 Å². The Morgan fingerprint density at radius 1 is 1.40 bits per heavy atom. The summed E-state index contributed by atoms with van der Waals surface area (Å²) in [7, 11) is 0. The van der Waals surface area contributed by atoms with Crippen molar-refractivity contribution < 1.29 is 14.7 Å². The summed E-state index contributed by atoms with van der Waals surface area (Å²) in [6.45, 7) is 4.14. The molecule has 0 aliphatic heterocycles. The van der Waals surface area contributed by atoms with E-state index in [1.807, 2.05) is 0 Å². The highest BCUT2D eigenvalue weighted by Crippen LogP contribution is 2.25. The van der Waals surface area contributed by atoms with E-state index in [0.29, 0.717) is 12.5 Å². The molecule has 0 saturated heterocycles. The monoisotopic (exact) mass is 213 g/mol. The lowest BCUT2D eigenvalue weighted by atomic mass is 9.85. The van der Waals surface area contributed by atoms with Crippen molar-refractivity contribution in [3.8, 4) is 0 Å². The molecule has 2 N–H and O–H groups in total. The van der Waals surface area contributed by atoms with Gasteiger partial charge in [0.05, 0.1) is 0 Å². The second kappa shape index (κ2) is 5.14. The summed E-state index contributed by atoms with van der Waals surface area (Å²) in [6, 6.07) is 0. The van der Waals surface area contributed by atoms with Crippen LogP contribution < -0.4 is 5.32 Å². The molecule has 1 unspecified atom stereocenters. The van der Waals surface area contributed by atoms with E-state index in [0.717, 1.165) is 12.8 Å². The molecule has 0 radical (unpaired) electrons. The van der Waals surface area contributed by atoms with Crippen LogP contribution >= 0.6 is 0 Å². The number of nitrogens with one attached hydrogen (secondary N) is 1. The highest BCUT2D eigenvalue weighted by Gasteiger charge is 2.30. The van der Waals surface area contributed by atoms with Crippen LogP contribution in [0.5, 0.6) is 0 Å². The number of carbonyl (C=O) groups is 2. The minimum absolute atomic E-state index is 0.163. The Kier molecular flexibility index (Phi) is 4.12. The van der Waals surface area contributed by atoms with Gasteiger partial charge in [0.1, 0.15) is 5.92 Å². The molecular formula is C11H19NO3. The minimum Gasteiger partial charge on any atom is -0.481 e. The molecule has 1 aliphatic carbocycles. The van der Waals surface area contributed by atoms with E-state index in [-0.39, 0.29) is 11.8 Å². The van der Waals surface area contributed by atoms with Gasteiger partial charge in [0, 0.05) is 6.54 Å². The molecule has 0 spiro atoms. The molecule has 1 fully saturated rings. The summed E-state index contributed by atoms with van der Waals surface area (Å²) in [5, 5.41) is 11.6. The first-order valence-corrected chi connectivity index (χ1v) is 5.53. The van der Waals surface area contributed by atoms with Crippen molar-refractivity contribution in [3.63, 3.8) is 0 Å². The molecule has 4 nitrogen and oxygen atoms in total.